The summed E-state index contributed by atoms with van der Waals surface area (Å²) in [6.07, 6.45) is 5.95. The maximum atomic E-state index is 11.2. The van der Waals surface area contributed by atoms with Crippen LogP contribution in [0.2, 0.25) is 0 Å². The summed E-state index contributed by atoms with van der Waals surface area (Å²) in [5, 5.41) is 0. The maximum Gasteiger partial charge on any atom is 0.159 e. The van der Waals surface area contributed by atoms with Gasteiger partial charge in [0.1, 0.15) is 0 Å². The van der Waals surface area contributed by atoms with E-state index in [0.29, 0.717) is 11.6 Å². The average molecular weight is 254 g/mol. The molecular weight excluding hydrogens is 236 g/mol. The Morgan fingerprint density at radius 1 is 1.21 bits per heavy atom. The number of hydrogen-bond acceptors (Lipinski definition) is 2. The zero-order valence-corrected chi connectivity index (χ0v) is 11.5. The Kier molecular flexibility index (Phi) is 3.95. The molecule has 0 N–H and O–H groups in total. The summed E-state index contributed by atoms with van der Waals surface area (Å²) in [5.41, 5.74) is 2.64. The first-order chi connectivity index (χ1) is 9.06. The van der Waals surface area contributed by atoms with Gasteiger partial charge in [0.05, 0.1) is 5.69 Å². The number of benzene rings is 1. The minimum Gasteiger partial charge on any atom is -0.351 e. The molecule has 0 atom stereocenters. The zero-order valence-electron chi connectivity index (χ0n) is 11.5. The van der Waals surface area contributed by atoms with E-state index in [4.69, 9.17) is 0 Å². The van der Waals surface area contributed by atoms with Gasteiger partial charge in [0.25, 0.3) is 0 Å². The summed E-state index contributed by atoms with van der Waals surface area (Å²) in [5.74, 6) is 0.0736. The number of hydrogen-bond donors (Lipinski definition) is 0. The van der Waals surface area contributed by atoms with Gasteiger partial charge in [-0.05, 0) is 51.1 Å². The smallest absolute Gasteiger partial charge is 0.159 e. The van der Waals surface area contributed by atoms with Crippen molar-refractivity contribution >= 4 is 17.7 Å². The molecule has 0 saturated carbocycles. The molecule has 0 saturated heterocycles. The predicted molar refractivity (Wildman–Crippen MR) is 78.5 cm³/mol. The molecule has 0 unspecified atom stereocenters. The number of aromatic nitrogens is 1. The van der Waals surface area contributed by atoms with E-state index in [2.05, 4.69) is 29.6 Å². The van der Waals surface area contributed by atoms with Gasteiger partial charge in [-0.3, -0.25) is 9.79 Å². The van der Waals surface area contributed by atoms with Crippen molar-refractivity contribution in [2.75, 3.05) is 0 Å². The first-order valence-corrected chi connectivity index (χ1v) is 6.39. The third-order valence-corrected chi connectivity index (χ3v) is 2.97. The number of carbonyl (C=O) groups is 1. The largest absolute Gasteiger partial charge is 0.351 e. The molecular formula is C16H18N2O. The Morgan fingerprint density at radius 3 is 2.42 bits per heavy atom. The van der Waals surface area contributed by atoms with Gasteiger partial charge in [0.2, 0.25) is 0 Å². The van der Waals surface area contributed by atoms with Gasteiger partial charge in [-0.1, -0.05) is 0 Å². The van der Waals surface area contributed by atoms with E-state index in [1.807, 2.05) is 30.6 Å². The maximum absolute atomic E-state index is 11.2. The van der Waals surface area contributed by atoms with Crippen LogP contribution in [0.15, 0.2) is 47.7 Å². The van der Waals surface area contributed by atoms with Crippen LogP contribution in [0, 0.1) is 0 Å². The van der Waals surface area contributed by atoms with Crippen molar-refractivity contribution in [2.45, 2.75) is 26.8 Å². The second kappa shape index (κ2) is 5.65. The highest BCUT2D eigenvalue weighted by atomic mass is 16.1. The molecule has 0 amide bonds. The van der Waals surface area contributed by atoms with Gasteiger partial charge >= 0.3 is 0 Å². The number of rotatable bonds is 4. The van der Waals surface area contributed by atoms with Crippen molar-refractivity contribution in [3.63, 3.8) is 0 Å². The van der Waals surface area contributed by atoms with Crippen molar-refractivity contribution in [1.29, 1.82) is 0 Å². The Labute approximate surface area is 113 Å². The molecule has 1 aromatic heterocycles. The standard InChI is InChI=1S/C16H18N2O/c1-12(2)18-9-8-14(11-18)10-17-16-6-4-15(5-7-16)13(3)19/h4-12H,1-3H3. The van der Waals surface area contributed by atoms with Crippen molar-refractivity contribution < 1.29 is 4.79 Å². The molecule has 0 aliphatic carbocycles. The number of ketones is 1. The number of nitrogens with zero attached hydrogens (tertiary/aromatic N) is 2. The fourth-order valence-electron chi connectivity index (χ4n) is 1.76. The zero-order chi connectivity index (χ0) is 13.8. The van der Waals surface area contributed by atoms with Crippen molar-refractivity contribution in [1.82, 2.24) is 4.57 Å². The SMILES string of the molecule is CC(=O)c1ccc(N=Cc2ccn(C(C)C)c2)cc1. The molecule has 0 spiro atoms. The fourth-order valence-corrected chi connectivity index (χ4v) is 1.76. The monoisotopic (exact) mass is 254 g/mol. The minimum absolute atomic E-state index is 0.0736. The first-order valence-electron chi connectivity index (χ1n) is 6.39. The molecule has 0 fully saturated rings. The molecule has 3 nitrogen and oxygen atoms in total. The summed E-state index contributed by atoms with van der Waals surface area (Å²) in [6.45, 7) is 5.84. The molecule has 3 heteroatoms. The lowest BCUT2D eigenvalue weighted by Crippen LogP contribution is -1.95. The van der Waals surface area contributed by atoms with Crippen molar-refractivity contribution in [3.8, 4) is 0 Å². The van der Waals surface area contributed by atoms with Crippen molar-refractivity contribution in [3.05, 3.63) is 53.9 Å². The predicted octanol–water partition coefficient (Wildman–Crippen LogP) is 4.02. The quantitative estimate of drug-likeness (QED) is 0.599. The summed E-state index contributed by atoms with van der Waals surface area (Å²) in [4.78, 5) is 15.6. The third kappa shape index (κ3) is 3.41. The Hall–Kier alpha value is -2.16. The van der Waals surface area contributed by atoms with Crippen LogP contribution in [0.1, 0.15) is 42.7 Å². The number of carbonyl (C=O) groups excluding carboxylic acids is 1. The fraction of sp³-hybridized carbons (Fsp3) is 0.250. The Bertz CT molecular complexity index is 591. The average Bonchev–Trinajstić information content (AvgIpc) is 2.86. The van der Waals surface area contributed by atoms with Gasteiger partial charge in [-0.25, -0.2) is 0 Å². The van der Waals surface area contributed by atoms with E-state index in [-0.39, 0.29) is 5.78 Å². The number of Topliss-reactive ketones (excluding diaryl/α,β-unsaturated/α-hetero) is 1. The van der Waals surface area contributed by atoms with Crippen LogP contribution < -0.4 is 0 Å². The second-order valence-corrected chi connectivity index (χ2v) is 4.85. The van der Waals surface area contributed by atoms with E-state index < -0.39 is 0 Å². The van der Waals surface area contributed by atoms with Gasteiger partial charge in [-0.2, -0.15) is 0 Å². The molecule has 98 valence electrons. The molecule has 2 aromatic rings. The van der Waals surface area contributed by atoms with Crippen molar-refractivity contribution in [2.24, 2.45) is 4.99 Å². The van der Waals surface area contributed by atoms with Crippen LogP contribution in [-0.4, -0.2) is 16.6 Å². The summed E-state index contributed by atoms with van der Waals surface area (Å²) in [6, 6.07) is 9.80. The Morgan fingerprint density at radius 2 is 1.89 bits per heavy atom. The molecule has 0 radical (unpaired) electrons. The van der Waals surface area contributed by atoms with E-state index in [0.717, 1.165) is 11.3 Å². The minimum atomic E-state index is 0.0736. The normalized spacial score (nSPS) is 11.4. The summed E-state index contributed by atoms with van der Waals surface area (Å²) in [7, 11) is 0. The lowest BCUT2D eigenvalue weighted by Gasteiger charge is -2.04. The topological polar surface area (TPSA) is 34.4 Å². The van der Waals surface area contributed by atoms with E-state index in [1.54, 1.807) is 19.1 Å². The molecule has 1 heterocycles. The molecule has 2 rings (SSSR count). The molecule has 19 heavy (non-hydrogen) atoms. The lowest BCUT2D eigenvalue weighted by molar-refractivity contribution is 0.101. The highest BCUT2D eigenvalue weighted by molar-refractivity contribution is 5.94. The highest BCUT2D eigenvalue weighted by Crippen LogP contribution is 2.14. The van der Waals surface area contributed by atoms with Gasteiger partial charge in [0.15, 0.2) is 5.78 Å². The Balaban J connectivity index is 2.11. The van der Waals surface area contributed by atoms with E-state index >= 15 is 0 Å². The van der Waals surface area contributed by atoms with Gasteiger partial charge in [-0.15, -0.1) is 0 Å². The van der Waals surface area contributed by atoms with Crippen LogP contribution >= 0.6 is 0 Å². The number of aliphatic imine (C=N–C) groups is 1. The van der Waals surface area contributed by atoms with Crippen LogP contribution in [0.25, 0.3) is 0 Å². The second-order valence-electron chi connectivity index (χ2n) is 4.85. The summed E-state index contributed by atoms with van der Waals surface area (Å²) < 4.78 is 2.14. The van der Waals surface area contributed by atoms with Gasteiger partial charge in [0, 0.05) is 35.8 Å². The first kappa shape index (κ1) is 13.3. The highest BCUT2D eigenvalue weighted by Gasteiger charge is 1.99. The molecule has 0 bridgehead atoms. The van der Waals surface area contributed by atoms with Crippen LogP contribution in [0.4, 0.5) is 5.69 Å². The van der Waals surface area contributed by atoms with Crippen LogP contribution in [-0.2, 0) is 0 Å². The third-order valence-electron chi connectivity index (χ3n) is 2.97. The van der Waals surface area contributed by atoms with Crippen LogP contribution in [0.5, 0.6) is 0 Å². The summed E-state index contributed by atoms with van der Waals surface area (Å²) >= 11 is 0. The van der Waals surface area contributed by atoms with E-state index in [9.17, 15) is 4.79 Å². The van der Waals surface area contributed by atoms with E-state index in [1.165, 1.54) is 0 Å². The van der Waals surface area contributed by atoms with Crippen LogP contribution in [0.3, 0.4) is 0 Å². The molecule has 0 aliphatic heterocycles. The van der Waals surface area contributed by atoms with Gasteiger partial charge < -0.3 is 4.57 Å². The lowest BCUT2D eigenvalue weighted by atomic mass is 10.1. The molecule has 0 aliphatic rings. The molecule has 1 aromatic carbocycles.